The molecule has 0 amide bonds. The van der Waals surface area contributed by atoms with Crippen LogP contribution in [-0.4, -0.2) is 4.98 Å². The van der Waals surface area contributed by atoms with Crippen LogP contribution < -0.4 is 0 Å². The molecule has 2 aromatic rings. The molecule has 0 bridgehead atoms. The zero-order valence-electron chi connectivity index (χ0n) is 9.45. The van der Waals surface area contributed by atoms with Crippen LogP contribution in [0.4, 0.5) is 8.78 Å². The summed E-state index contributed by atoms with van der Waals surface area (Å²) in [4.78, 5) is 4.47. The fourth-order valence-electron chi connectivity index (χ4n) is 1.43. The molecule has 0 saturated carbocycles. The molecule has 0 fully saturated rings. The van der Waals surface area contributed by atoms with E-state index in [4.69, 9.17) is 5.26 Å². The molecule has 2 nitrogen and oxygen atoms in total. The monoisotopic (exact) mass is 262 g/mol. The van der Waals surface area contributed by atoms with Crippen molar-refractivity contribution in [3.63, 3.8) is 0 Å². The predicted octanol–water partition coefficient (Wildman–Crippen LogP) is 3.69. The van der Waals surface area contributed by atoms with Crippen molar-refractivity contribution in [1.82, 2.24) is 4.98 Å². The summed E-state index contributed by atoms with van der Waals surface area (Å²) in [6.45, 7) is 1.76. The molecule has 1 heterocycles. The second-order valence-corrected chi connectivity index (χ2v) is 4.69. The van der Waals surface area contributed by atoms with Crippen molar-refractivity contribution in [2.24, 2.45) is 0 Å². The maximum Gasteiger partial charge on any atom is 0.140 e. The summed E-state index contributed by atoms with van der Waals surface area (Å²) in [7, 11) is 0. The highest BCUT2D eigenvalue weighted by Crippen LogP contribution is 2.29. The molecule has 90 valence electrons. The van der Waals surface area contributed by atoms with Gasteiger partial charge < -0.3 is 0 Å². The van der Waals surface area contributed by atoms with Gasteiger partial charge in [-0.1, -0.05) is 11.8 Å². The Kier molecular flexibility index (Phi) is 3.58. The number of hydrogen-bond acceptors (Lipinski definition) is 3. The van der Waals surface area contributed by atoms with Gasteiger partial charge in [0.05, 0.1) is 11.6 Å². The van der Waals surface area contributed by atoms with Crippen LogP contribution in [0.5, 0.6) is 0 Å². The van der Waals surface area contributed by atoms with Crippen LogP contribution in [0.25, 0.3) is 0 Å². The van der Waals surface area contributed by atoms with Gasteiger partial charge in [-0.05, 0) is 31.2 Å². The van der Waals surface area contributed by atoms with Gasteiger partial charge >= 0.3 is 0 Å². The van der Waals surface area contributed by atoms with E-state index in [1.807, 2.05) is 6.07 Å². The second-order valence-electron chi connectivity index (χ2n) is 3.62. The van der Waals surface area contributed by atoms with Gasteiger partial charge in [-0.15, -0.1) is 0 Å². The van der Waals surface area contributed by atoms with E-state index in [1.54, 1.807) is 19.1 Å². The molecule has 1 aromatic heterocycles. The van der Waals surface area contributed by atoms with Gasteiger partial charge in [0, 0.05) is 16.7 Å². The number of rotatable bonds is 2. The highest BCUT2D eigenvalue weighted by molar-refractivity contribution is 7.99. The largest absolute Gasteiger partial charge is 0.246 e. The van der Waals surface area contributed by atoms with E-state index < -0.39 is 11.6 Å². The molecule has 5 heteroatoms. The molecule has 0 N–H and O–H groups in total. The summed E-state index contributed by atoms with van der Waals surface area (Å²) in [5.74, 6) is -1.26. The first-order valence-electron chi connectivity index (χ1n) is 5.10. The summed E-state index contributed by atoms with van der Waals surface area (Å²) in [5.41, 5.74) is 1.14. The van der Waals surface area contributed by atoms with Crippen LogP contribution in [0.1, 0.15) is 11.3 Å². The van der Waals surface area contributed by atoms with Crippen LogP contribution in [0.2, 0.25) is 0 Å². The van der Waals surface area contributed by atoms with Crippen molar-refractivity contribution in [2.75, 3.05) is 0 Å². The number of aromatic nitrogens is 1. The Morgan fingerprint density at radius 2 is 2.00 bits per heavy atom. The summed E-state index contributed by atoms with van der Waals surface area (Å²) >= 11 is 1.06. The Morgan fingerprint density at radius 3 is 2.67 bits per heavy atom. The Labute approximate surface area is 107 Å². The molecular weight excluding hydrogens is 254 g/mol. The maximum atomic E-state index is 13.5. The number of nitriles is 1. The molecular formula is C13H8F2N2S. The lowest BCUT2D eigenvalue weighted by atomic mass is 10.2. The van der Waals surface area contributed by atoms with Gasteiger partial charge in [0.25, 0.3) is 0 Å². The fourth-order valence-corrected chi connectivity index (χ4v) is 2.32. The van der Waals surface area contributed by atoms with Crippen molar-refractivity contribution in [2.45, 2.75) is 16.8 Å². The molecule has 0 radical (unpaired) electrons. The van der Waals surface area contributed by atoms with Gasteiger partial charge in [-0.25, -0.2) is 13.8 Å². The molecule has 0 saturated heterocycles. The first kappa shape index (κ1) is 12.5. The van der Waals surface area contributed by atoms with Crippen LogP contribution in [-0.2, 0) is 0 Å². The van der Waals surface area contributed by atoms with Crippen LogP contribution in [0.3, 0.4) is 0 Å². The Hall–Kier alpha value is -1.93. The lowest BCUT2D eigenvalue weighted by Gasteiger charge is -2.04. The highest BCUT2D eigenvalue weighted by atomic mass is 32.2. The lowest BCUT2D eigenvalue weighted by Crippen LogP contribution is -1.89. The van der Waals surface area contributed by atoms with E-state index in [9.17, 15) is 8.78 Å². The number of aryl methyl sites for hydroxylation is 1. The minimum atomic E-state index is -0.637. The highest BCUT2D eigenvalue weighted by Gasteiger charge is 2.08. The van der Waals surface area contributed by atoms with E-state index in [-0.39, 0.29) is 4.90 Å². The minimum Gasteiger partial charge on any atom is -0.246 e. The third-order valence-electron chi connectivity index (χ3n) is 2.17. The van der Waals surface area contributed by atoms with Crippen LogP contribution >= 0.6 is 11.8 Å². The standard InChI is InChI=1S/C13H8F2N2S/c1-8-4-9(7-16)5-13(17-8)18-12-3-2-10(14)6-11(12)15/h2-6H,1H3. The lowest BCUT2D eigenvalue weighted by molar-refractivity contribution is 0.565. The summed E-state index contributed by atoms with van der Waals surface area (Å²) < 4.78 is 26.2. The van der Waals surface area contributed by atoms with Crippen LogP contribution in [0, 0.1) is 29.9 Å². The molecule has 1 aromatic carbocycles. The minimum absolute atomic E-state index is 0.276. The van der Waals surface area contributed by atoms with Crippen molar-refractivity contribution in [3.8, 4) is 6.07 Å². The van der Waals surface area contributed by atoms with E-state index in [1.165, 1.54) is 12.1 Å². The third-order valence-corrected chi connectivity index (χ3v) is 3.14. The third kappa shape index (κ3) is 2.84. The van der Waals surface area contributed by atoms with Gasteiger partial charge in [0.1, 0.15) is 16.7 Å². The number of pyridine rings is 1. The zero-order valence-corrected chi connectivity index (χ0v) is 10.3. The van der Waals surface area contributed by atoms with Crippen molar-refractivity contribution < 1.29 is 8.78 Å². The van der Waals surface area contributed by atoms with E-state index in [0.29, 0.717) is 16.3 Å². The molecule has 0 aliphatic rings. The molecule has 0 aliphatic carbocycles. The molecule has 0 spiro atoms. The summed E-state index contributed by atoms with van der Waals surface area (Å²) in [6, 6.07) is 8.59. The topological polar surface area (TPSA) is 36.7 Å². The van der Waals surface area contributed by atoms with Gasteiger partial charge in [-0.3, -0.25) is 0 Å². The van der Waals surface area contributed by atoms with Gasteiger partial charge in [0.15, 0.2) is 0 Å². The summed E-state index contributed by atoms with van der Waals surface area (Å²) in [6.07, 6.45) is 0. The second kappa shape index (κ2) is 5.15. The number of halogens is 2. The van der Waals surface area contributed by atoms with E-state index >= 15 is 0 Å². The molecule has 0 atom stereocenters. The number of hydrogen-bond donors (Lipinski definition) is 0. The Morgan fingerprint density at radius 1 is 1.22 bits per heavy atom. The summed E-state index contributed by atoms with van der Waals surface area (Å²) in [5, 5.41) is 9.34. The number of nitrogens with zero attached hydrogens (tertiary/aromatic N) is 2. The molecule has 18 heavy (non-hydrogen) atoms. The molecule has 2 rings (SSSR count). The SMILES string of the molecule is Cc1cc(C#N)cc(Sc2ccc(F)cc2F)n1. The first-order chi connectivity index (χ1) is 8.58. The van der Waals surface area contributed by atoms with Crippen molar-refractivity contribution >= 4 is 11.8 Å². The van der Waals surface area contributed by atoms with Gasteiger partial charge in [-0.2, -0.15) is 5.26 Å². The van der Waals surface area contributed by atoms with Crippen molar-refractivity contribution in [3.05, 3.63) is 53.2 Å². The van der Waals surface area contributed by atoms with Crippen LogP contribution in [0.15, 0.2) is 40.3 Å². The normalized spacial score (nSPS) is 10.1. The van der Waals surface area contributed by atoms with E-state index in [2.05, 4.69) is 4.98 Å². The maximum absolute atomic E-state index is 13.5. The average molecular weight is 262 g/mol. The Balaban J connectivity index is 2.34. The number of benzene rings is 1. The first-order valence-corrected chi connectivity index (χ1v) is 5.92. The van der Waals surface area contributed by atoms with E-state index in [0.717, 1.165) is 17.8 Å². The molecule has 0 unspecified atom stereocenters. The average Bonchev–Trinajstić information content (AvgIpc) is 2.32. The fraction of sp³-hybridized carbons (Fsp3) is 0.0769. The smallest absolute Gasteiger partial charge is 0.140 e. The molecule has 0 aliphatic heterocycles. The van der Waals surface area contributed by atoms with Gasteiger partial charge in [0.2, 0.25) is 0 Å². The quantitative estimate of drug-likeness (QED) is 0.828. The van der Waals surface area contributed by atoms with Crippen molar-refractivity contribution in [1.29, 1.82) is 5.26 Å². The zero-order chi connectivity index (χ0) is 13.1. The predicted molar refractivity (Wildman–Crippen MR) is 64.2 cm³/mol. The Bertz CT molecular complexity index is 635.